The Morgan fingerprint density at radius 1 is 1.21 bits per heavy atom. The molecule has 0 unspecified atom stereocenters. The predicted octanol–water partition coefficient (Wildman–Crippen LogP) is 3.41. The van der Waals surface area contributed by atoms with Gasteiger partial charge < -0.3 is 15.0 Å². The van der Waals surface area contributed by atoms with Crippen LogP contribution >= 0.6 is 0 Å². The molecule has 3 aromatic rings. The van der Waals surface area contributed by atoms with Crippen LogP contribution in [0.25, 0.3) is 11.3 Å². The Bertz CT molecular complexity index is 954. The van der Waals surface area contributed by atoms with Gasteiger partial charge in [0.25, 0.3) is 0 Å². The summed E-state index contributed by atoms with van der Waals surface area (Å²) < 4.78 is 5.35. The molecule has 1 aliphatic rings. The van der Waals surface area contributed by atoms with E-state index in [4.69, 9.17) is 4.74 Å². The van der Waals surface area contributed by atoms with E-state index in [0.29, 0.717) is 6.42 Å². The molecular formula is C23H26N4O2. The molecule has 1 atom stereocenters. The lowest BCUT2D eigenvalue weighted by molar-refractivity contribution is -0.121. The van der Waals surface area contributed by atoms with Crippen LogP contribution in [0.3, 0.4) is 0 Å². The molecule has 2 aromatic carbocycles. The van der Waals surface area contributed by atoms with E-state index in [0.717, 1.165) is 54.3 Å². The largest absolute Gasteiger partial charge is 0.496 e. The Labute approximate surface area is 170 Å². The molecule has 0 spiro atoms. The van der Waals surface area contributed by atoms with Crippen molar-refractivity contribution in [3.05, 3.63) is 66.2 Å². The van der Waals surface area contributed by atoms with Crippen LogP contribution in [0.1, 0.15) is 18.4 Å². The van der Waals surface area contributed by atoms with Crippen molar-refractivity contribution in [2.75, 3.05) is 25.1 Å². The zero-order valence-electron chi connectivity index (χ0n) is 16.6. The van der Waals surface area contributed by atoms with Crippen molar-refractivity contribution in [2.24, 2.45) is 0 Å². The Morgan fingerprint density at radius 2 is 2.00 bits per heavy atom. The van der Waals surface area contributed by atoms with Crippen molar-refractivity contribution in [1.29, 1.82) is 0 Å². The molecule has 6 heteroatoms. The second-order valence-corrected chi connectivity index (χ2v) is 7.35. The van der Waals surface area contributed by atoms with Gasteiger partial charge in [0.1, 0.15) is 5.75 Å². The van der Waals surface area contributed by atoms with E-state index in [1.165, 1.54) is 0 Å². The Hall–Kier alpha value is -3.28. The maximum atomic E-state index is 12.6. The summed E-state index contributed by atoms with van der Waals surface area (Å²) in [6.45, 7) is 1.70. The Morgan fingerprint density at radius 3 is 2.83 bits per heavy atom. The van der Waals surface area contributed by atoms with Gasteiger partial charge in [0.05, 0.1) is 19.2 Å². The second kappa shape index (κ2) is 8.82. The van der Waals surface area contributed by atoms with Crippen molar-refractivity contribution in [3.63, 3.8) is 0 Å². The molecule has 29 heavy (non-hydrogen) atoms. The maximum absolute atomic E-state index is 12.6. The average Bonchev–Trinajstić information content (AvgIpc) is 3.25. The highest BCUT2D eigenvalue weighted by Gasteiger charge is 2.23. The minimum Gasteiger partial charge on any atom is -0.496 e. The highest BCUT2D eigenvalue weighted by Crippen LogP contribution is 2.24. The third-order valence-corrected chi connectivity index (χ3v) is 5.30. The molecule has 0 saturated carbocycles. The van der Waals surface area contributed by atoms with Crippen LogP contribution in [0.15, 0.2) is 60.7 Å². The quantitative estimate of drug-likeness (QED) is 0.677. The first-order valence-corrected chi connectivity index (χ1v) is 10.00. The van der Waals surface area contributed by atoms with Gasteiger partial charge in [-0.2, -0.15) is 5.10 Å². The van der Waals surface area contributed by atoms with Gasteiger partial charge in [-0.05, 0) is 24.5 Å². The highest BCUT2D eigenvalue weighted by atomic mass is 16.5. The van der Waals surface area contributed by atoms with Crippen molar-refractivity contribution >= 4 is 11.7 Å². The van der Waals surface area contributed by atoms with Crippen LogP contribution in [-0.4, -0.2) is 42.3 Å². The first-order valence-electron chi connectivity index (χ1n) is 10.00. The second-order valence-electron chi connectivity index (χ2n) is 7.35. The van der Waals surface area contributed by atoms with Gasteiger partial charge in [-0.25, -0.2) is 0 Å². The van der Waals surface area contributed by atoms with Crippen LogP contribution < -0.4 is 15.0 Å². The number of nitrogens with zero attached hydrogens (tertiary/aromatic N) is 2. The molecular weight excluding hydrogens is 364 g/mol. The molecule has 1 amide bonds. The van der Waals surface area contributed by atoms with Crippen molar-refractivity contribution < 1.29 is 9.53 Å². The number of rotatable bonds is 6. The lowest BCUT2D eigenvalue weighted by Crippen LogP contribution is -2.48. The number of benzene rings is 2. The van der Waals surface area contributed by atoms with Gasteiger partial charge >= 0.3 is 0 Å². The minimum absolute atomic E-state index is 0.0216. The number of ether oxygens (including phenoxy) is 1. The minimum atomic E-state index is 0.0216. The van der Waals surface area contributed by atoms with E-state index in [2.05, 4.69) is 38.6 Å². The smallest absolute Gasteiger partial charge is 0.224 e. The maximum Gasteiger partial charge on any atom is 0.224 e. The Kier molecular flexibility index (Phi) is 5.79. The predicted molar refractivity (Wildman–Crippen MR) is 114 cm³/mol. The summed E-state index contributed by atoms with van der Waals surface area (Å²) in [4.78, 5) is 14.8. The van der Waals surface area contributed by atoms with Crippen LogP contribution in [0.5, 0.6) is 5.75 Å². The van der Waals surface area contributed by atoms with Crippen LogP contribution in [-0.2, 0) is 11.2 Å². The molecule has 1 aromatic heterocycles. The van der Waals surface area contributed by atoms with E-state index in [1.807, 2.05) is 42.5 Å². The van der Waals surface area contributed by atoms with E-state index in [-0.39, 0.29) is 11.9 Å². The summed E-state index contributed by atoms with van der Waals surface area (Å²) >= 11 is 0. The fourth-order valence-electron chi connectivity index (χ4n) is 3.84. The van der Waals surface area contributed by atoms with Gasteiger partial charge in [0.2, 0.25) is 5.91 Å². The molecule has 1 saturated heterocycles. The summed E-state index contributed by atoms with van der Waals surface area (Å²) in [6, 6.07) is 20.0. The molecule has 2 N–H and O–H groups in total. The third kappa shape index (κ3) is 4.59. The lowest BCUT2D eigenvalue weighted by Gasteiger charge is -2.33. The molecule has 0 aliphatic carbocycles. The first kappa shape index (κ1) is 19.1. The number of aromatic nitrogens is 2. The molecule has 1 fully saturated rings. The zero-order chi connectivity index (χ0) is 20.1. The fourth-order valence-corrected chi connectivity index (χ4v) is 3.84. The number of hydrogen-bond acceptors (Lipinski definition) is 4. The van der Waals surface area contributed by atoms with Crippen LogP contribution in [0.4, 0.5) is 5.82 Å². The van der Waals surface area contributed by atoms with E-state index in [1.54, 1.807) is 7.11 Å². The van der Waals surface area contributed by atoms with Gasteiger partial charge in [-0.1, -0.05) is 48.5 Å². The number of piperidine rings is 1. The SMILES string of the molecule is COc1ccccc1CC(=O)N[C@H]1CCCN(c2cc(-c3ccccc3)[nH]n2)C1. The van der Waals surface area contributed by atoms with Crippen molar-refractivity contribution in [3.8, 4) is 17.0 Å². The molecule has 1 aliphatic heterocycles. The summed E-state index contributed by atoms with van der Waals surface area (Å²) in [5.74, 6) is 1.69. The Balaban J connectivity index is 1.37. The molecule has 150 valence electrons. The molecule has 2 heterocycles. The summed E-state index contributed by atoms with van der Waals surface area (Å²) in [7, 11) is 1.63. The number of carbonyl (C=O) groups is 1. The summed E-state index contributed by atoms with van der Waals surface area (Å²) in [5.41, 5.74) is 3.02. The number of nitrogens with one attached hydrogen (secondary N) is 2. The topological polar surface area (TPSA) is 70.2 Å². The number of amides is 1. The molecule has 4 rings (SSSR count). The number of H-pyrrole nitrogens is 1. The summed E-state index contributed by atoms with van der Waals surface area (Å²) in [5, 5.41) is 10.8. The van der Waals surface area contributed by atoms with E-state index in [9.17, 15) is 4.79 Å². The van der Waals surface area contributed by atoms with E-state index >= 15 is 0 Å². The van der Waals surface area contributed by atoms with Crippen molar-refractivity contribution in [2.45, 2.75) is 25.3 Å². The zero-order valence-corrected chi connectivity index (χ0v) is 16.6. The fraction of sp³-hybridized carbons (Fsp3) is 0.304. The van der Waals surface area contributed by atoms with E-state index < -0.39 is 0 Å². The normalized spacial score (nSPS) is 16.4. The molecule has 0 radical (unpaired) electrons. The number of carbonyl (C=O) groups excluding carboxylic acids is 1. The van der Waals surface area contributed by atoms with Crippen LogP contribution in [0, 0.1) is 0 Å². The third-order valence-electron chi connectivity index (χ3n) is 5.30. The molecule has 6 nitrogen and oxygen atoms in total. The monoisotopic (exact) mass is 390 g/mol. The lowest BCUT2D eigenvalue weighted by atomic mass is 10.0. The molecule has 0 bridgehead atoms. The average molecular weight is 390 g/mol. The van der Waals surface area contributed by atoms with Gasteiger partial charge in [0, 0.05) is 30.8 Å². The number of anilines is 1. The first-order chi connectivity index (χ1) is 14.2. The standard InChI is InChI=1S/C23H26N4O2/c1-29-21-12-6-5-10-18(21)14-23(28)24-19-11-7-13-27(16-19)22-15-20(25-26-22)17-8-3-2-4-9-17/h2-6,8-10,12,15,19H,7,11,13-14,16H2,1H3,(H,24,28)(H,25,26)/t19-/m0/s1. The van der Waals surface area contributed by atoms with Gasteiger partial charge in [0.15, 0.2) is 5.82 Å². The van der Waals surface area contributed by atoms with Gasteiger partial charge in [-0.15, -0.1) is 0 Å². The summed E-state index contributed by atoms with van der Waals surface area (Å²) in [6.07, 6.45) is 2.32. The van der Waals surface area contributed by atoms with Crippen LogP contribution in [0.2, 0.25) is 0 Å². The van der Waals surface area contributed by atoms with Gasteiger partial charge in [-0.3, -0.25) is 9.89 Å². The number of hydrogen-bond donors (Lipinski definition) is 2. The number of methoxy groups -OCH3 is 1. The van der Waals surface area contributed by atoms with Crippen molar-refractivity contribution in [1.82, 2.24) is 15.5 Å². The number of aromatic amines is 1. The highest BCUT2D eigenvalue weighted by molar-refractivity contribution is 5.79. The number of para-hydroxylation sites is 1.